The smallest absolute Gasteiger partial charge is 0.254 e. The van der Waals surface area contributed by atoms with Crippen LogP contribution in [0.1, 0.15) is 46.3 Å². The largest absolute Gasteiger partial charge is 0.361 e. The van der Waals surface area contributed by atoms with E-state index >= 15 is 0 Å². The summed E-state index contributed by atoms with van der Waals surface area (Å²) in [5.74, 6) is 0.686. The van der Waals surface area contributed by atoms with E-state index in [9.17, 15) is 4.79 Å². The number of amides is 1. The predicted octanol–water partition coefficient (Wildman–Crippen LogP) is 2.83. The molecule has 1 fully saturated rings. The van der Waals surface area contributed by atoms with Crippen LogP contribution in [-0.2, 0) is 0 Å². The van der Waals surface area contributed by atoms with Gasteiger partial charge in [-0.25, -0.2) is 0 Å². The Hall–Kier alpha value is -2.61. The molecule has 1 aliphatic heterocycles. The monoisotopic (exact) mass is 281 g/mol. The number of carbonyl (C=O) groups is 1. The van der Waals surface area contributed by atoms with Gasteiger partial charge in [0.15, 0.2) is 0 Å². The first-order valence-corrected chi connectivity index (χ1v) is 6.93. The first-order chi connectivity index (χ1) is 10.2. The summed E-state index contributed by atoms with van der Waals surface area (Å²) in [7, 11) is 0. The third-order valence-electron chi connectivity index (χ3n) is 3.74. The number of carbonyl (C=O) groups excluding carboxylic acids is 1. The van der Waals surface area contributed by atoms with E-state index < -0.39 is 0 Å². The first-order valence-electron chi connectivity index (χ1n) is 6.93. The van der Waals surface area contributed by atoms with Gasteiger partial charge in [-0.1, -0.05) is 11.2 Å². The van der Waals surface area contributed by atoms with E-state index in [4.69, 9.17) is 9.78 Å². The highest BCUT2D eigenvalue weighted by Gasteiger charge is 2.32. The molecular formula is C16H15N3O2. The Morgan fingerprint density at radius 3 is 3.05 bits per heavy atom. The van der Waals surface area contributed by atoms with E-state index in [0.717, 1.165) is 24.3 Å². The van der Waals surface area contributed by atoms with E-state index in [1.54, 1.807) is 24.3 Å². The zero-order valence-electron chi connectivity index (χ0n) is 11.7. The van der Waals surface area contributed by atoms with Gasteiger partial charge in [0.25, 0.3) is 5.91 Å². The molecule has 2 heterocycles. The Kier molecular flexibility index (Phi) is 3.44. The Labute approximate surface area is 122 Å². The number of likely N-dealkylation sites (tertiary alicyclic amines) is 1. The average molecular weight is 281 g/mol. The van der Waals surface area contributed by atoms with Crippen LogP contribution in [0.3, 0.4) is 0 Å². The molecule has 2 aromatic rings. The van der Waals surface area contributed by atoms with Crippen molar-refractivity contribution >= 4 is 5.91 Å². The second kappa shape index (κ2) is 5.41. The van der Waals surface area contributed by atoms with Crippen LogP contribution < -0.4 is 0 Å². The zero-order valence-corrected chi connectivity index (χ0v) is 11.7. The van der Waals surface area contributed by atoms with Crippen LogP contribution in [0.5, 0.6) is 0 Å². The molecule has 21 heavy (non-hydrogen) atoms. The number of nitrogens with zero attached hydrogens (tertiary/aromatic N) is 3. The zero-order chi connectivity index (χ0) is 14.8. The van der Waals surface area contributed by atoms with Crippen LogP contribution in [0, 0.1) is 18.3 Å². The molecule has 1 atom stereocenters. The van der Waals surface area contributed by atoms with Gasteiger partial charge in [0.1, 0.15) is 11.5 Å². The van der Waals surface area contributed by atoms with Gasteiger partial charge >= 0.3 is 0 Å². The van der Waals surface area contributed by atoms with E-state index in [1.165, 1.54) is 0 Å². The molecule has 1 aromatic carbocycles. The number of benzene rings is 1. The third-order valence-corrected chi connectivity index (χ3v) is 3.74. The fourth-order valence-electron chi connectivity index (χ4n) is 2.75. The van der Waals surface area contributed by atoms with Gasteiger partial charge in [-0.15, -0.1) is 0 Å². The Morgan fingerprint density at radius 1 is 1.48 bits per heavy atom. The van der Waals surface area contributed by atoms with Crippen LogP contribution in [0.15, 0.2) is 34.9 Å². The third kappa shape index (κ3) is 2.52. The molecule has 0 unspecified atom stereocenters. The topological polar surface area (TPSA) is 70.1 Å². The molecule has 1 aliphatic rings. The maximum Gasteiger partial charge on any atom is 0.254 e. The van der Waals surface area contributed by atoms with Gasteiger partial charge in [0, 0.05) is 18.2 Å². The Bertz CT molecular complexity index is 714. The fraction of sp³-hybridized carbons (Fsp3) is 0.312. The minimum Gasteiger partial charge on any atom is -0.361 e. The van der Waals surface area contributed by atoms with Gasteiger partial charge in [-0.2, -0.15) is 5.26 Å². The molecule has 106 valence electrons. The van der Waals surface area contributed by atoms with Crippen molar-refractivity contribution in [1.82, 2.24) is 10.1 Å². The molecule has 1 amide bonds. The SMILES string of the molecule is Cc1cc([C@H]2CCCN2C(=O)c2cccc(C#N)c2)no1. The summed E-state index contributed by atoms with van der Waals surface area (Å²) in [4.78, 5) is 14.5. The van der Waals surface area contributed by atoms with Crippen molar-refractivity contribution in [3.8, 4) is 6.07 Å². The van der Waals surface area contributed by atoms with Crippen molar-refractivity contribution in [1.29, 1.82) is 5.26 Å². The van der Waals surface area contributed by atoms with Crippen LogP contribution in [0.4, 0.5) is 0 Å². The standard InChI is InChI=1S/C16H15N3O2/c1-11-8-14(18-21-11)15-6-3-7-19(15)16(20)13-5-2-4-12(9-13)10-17/h2,4-5,8-9,15H,3,6-7H2,1H3/t15-/m1/s1. The summed E-state index contributed by atoms with van der Waals surface area (Å²) in [5.41, 5.74) is 1.84. The highest BCUT2D eigenvalue weighted by atomic mass is 16.5. The van der Waals surface area contributed by atoms with Crippen molar-refractivity contribution in [2.75, 3.05) is 6.54 Å². The number of hydrogen-bond acceptors (Lipinski definition) is 4. The molecule has 0 radical (unpaired) electrons. The first kappa shape index (κ1) is 13.4. The summed E-state index contributed by atoms with van der Waals surface area (Å²) in [5, 5.41) is 13.0. The van der Waals surface area contributed by atoms with Crippen molar-refractivity contribution < 1.29 is 9.32 Å². The van der Waals surface area contributed by atoms with Crippen LogP contribution in [-0.4, -0.2) is 22.5 Å². The Balaban J connectivity index is 1.88. The van der Waals surface area contributed by atoms with Crippen molar-refractivity contribution in [2.24, 2.45) is 0 Å². The van der Waals surface area contributed by atoms with Crippen LogP contribution >= 0.6 is 0 Å². The number of hydrogen-bond donors (Lipinski definition) is 0. The lowest BCUT2D eigenvalue weighted by atomic mass is 10.1. The van der Waals surface area contributed by atoms with E-state index in [1.807, 2.05) is 17.9 Å². The highest BCUT2D eigenvalue weighted by Crippen LogP contribution is 2.32. The van der Waals surface area contributed by atoms with Crippen molar-refractivity contribution in [3.63, 3.8) is 0 Å². The minimum atomic E-state index is -0.0600. The second-order valence-corrected chi connectivity index (χ2v) is 5.21. The summed E-state index contributed by atoms with van der Waals surface area (Å²) in [6.07, 6.45) is 1.83. The fourth-order valence-corrected chi connectivity index (χ4v) is 2.75. The van der Waals surface area contributed by atoms with E-state index in [-0.39, 0.29) is 11.9 Å². The van der Waals surface area contributed by atoms with Gasteiger partial charge in [-0.3, -0.25) is 4.79 Å². The maximum atomic E-state index is 12.7. The van der Waals surface area contributed by atoms with Crippen LogP contribution in [0.2, 0.25) is 0 Å². The summed E-state index contributed by atoms with van der Waals surface area (Å²) in [6, 6.07) is 10.7. The number of nitriles is 1. The predicted molar refractivity (Wildman–Crippen MR) is 75.4 cm³/mol. The van der Waals surface area contributed by atoms with Gasteiger partial charge in [0.2, 0.25) is 0 Å². The van der Waals surface area contributed by atoms with Crippen molar-refractivity contribution in [2.45, 2.75) is 25.8 Å². The minimum absolute atomic E-state index is 0.0410. The molecule has 0 bridgehead atoms. The summed E-state index contributed by atoms with van der Waals surface area (Å²) < 4.78 is 5.12. The molecule has 0 N–H and O–H groups in total. The van der Waals surface area contributed by atoms with Crippen LogP contribution in [0.25, 0.3) is 0 Å². The second-order valence-electron chi connectivity index (χ2n) is 5.21. The summed E-state index contributed by atoms with van der Waals surface area (Å²) >= 11 is 0. The van der Waals surface area contributed by atoms with E-state index in [0.29, 0.717) is 17.7 Å². The van der Waals surface area contributed by atoms with E-state index in [2.05, 4.69) is 11.2 Å². The molecule has 5 nitrogen and oxygen atoms in total. The molecule has 1 aromatic heterocycles. The highest BCUT2D eigenvalue weighted by molar-refractivity contribution is 5.95. The quantitative estimate of drug-likeness (QED) is 0.848. The molecule has 0 aliphatic carbocycles. The van der Waals surface area contributed by atoms with Gasteiger partial charge in [0.05, 0.1) is 17.7 Å². The maximum absolute atomic E-state index is 12.7. The molecule has 5 heteroatoms. The summed E-state index contributed by atoms with van der Waals surface area (Å²) in [6.45, 7) is 2.54. The number of aromatic nitrogens is 1. The lowest BCUT2D eigenvalue weighted by molar-refractivity contribution is 0.0731. The van der Waals surface area contributed by atoms with Gasteiger partial charge < -0.3 is 9.42 Å². The number of aryl methyl sites for hydroxylation is 1. The lowest BCUT2D eigenvalue weighted by Gasteiger charge is -2.23. The molecule has 0 saturated carbocycles. The molecular weight excluding hydrogens is 266 g/mol. The Morgan fingerprint density at radius 2 is 2.33 bits per heavy atom. The molecule has 1 saturated heterocycles. The molecule has 0 spiro atoms. The molecule has 3 rings (SSSR count). The normalized spacial score (nSPS) is 17.7. The van der Waals surface area contributed by atoms with Gasteiger partial charge in [-0.05, 0) is 38.0 Å². The average Bonchev–Trinajstić information content (AvgIpc) is 3.15. The lowest BCUT2D eigenvalue weighted by Crippen LogP contribution is -2.30. The van der Waals surface area contributed by atoms with Crippen molar-refractivity contribution in [3.05, 3.63) is 52.9 Å². The number of rotatable bonds is 2.